The molecule has 130 valence electrons. The number of halogens is 3. The van der Waals surface area contributed by atoms with E-state index in [-0.39, 0.29) is 16.6 Å². The molecule has 3 rings (SSSR count). The molecule has 0 fully saturated rings. The van der Waals surface area contributed by atoms with Crippen molar-refractivity contribution in [2.75, 3.05) is 5.32 Å². The summed E-state index contributed by atoms with van der Waals surface area (Å²) in [6.07, 6.45) is 1.38. The maximum atomic E-state index is 12.3. The van der Waals surface area contributed by atoms with Crippen LogP contribution in [-0.4, -0.2) is 25.9 Å². The Labute approximate surface area is 159 Å². The average Bonchev–Trinajstić information content (AvgIpc) is 3.10. The molecule has 25 heavy (non-hydrogen) atoms. The largest absolute Gasteiger partial charge is 0.317 e. The Morgan fingerprint density at radius 2 is 1.96 bits per heavy atom. The molecule has 2 N–H and O–H groups in total. The van der Waals surface area contributed by atoms with Crippen LogP contribution in [0.3, 0.4) is 0 Å². The molecule has 3 aromatic rings. The molecular formula is C16H14Cl3N5O. The lowest BCUT2D eigenvalue weighted by Gasteiger charge is -2.08. The van der Waals surface area contributed by atoms with Gasteiger partial charge in [0.15, 0.2) is 0 Å². The van der Waals surface area contributed by atoms with Gasteiger partial charge in [-0.2, -0.15) is 10.2 Å². The number of aromatic amines is 1. The number of anilines is 1. The van der Waals surface area contributed by atoms with Gasteiger partial charge in [-0.3, -0.25) is 14.6 Å². The molecule has 1 aromatic carbocycles. The van der Waals surface area contributed by atoms with E-state index in [4.69, 9.17) is 34.8 Å². The number of amides is 1. The number of nitrogens with zero attached hydrogens (tertiary/aromatic N) is 3. The van der Waals surface area contributed by atoms with Crippen LogP contribution in [0.2, 0.25) is 15.1 Å². The van der Waals surface area contributed by atoms with Crippen molar-refractivity contribution in [3.63, 3.8) is 0 Å². The van der Waals surface area contributed by atoms with E-state index < -0.39 is 0 Å². The number of aryl methyl sites for hydroxylation is 1. The van der Waals surface area contributed by atoms with E-state index in [9.17, 15) is 4.79 Å². The smallest absolute Gasteiger partial charge is 0.275 e. The predicted octanol–water partition coefficient (Wildman–Crippen LogP) is 4.48. The highest BCUT2D eigenvalue weighted by molar-refractivity contribution is 6.42. The second kappa shape index (κ2) is 7.07. The average molecular weight is 399 g/mol. The number of hydrogen-bond donors (Lipinski definition) is 2. The molecule has 0 aliphatic carbocycles. The quantitative estimate of drug-likeness (QED) is 0.680. The zero-order chi connectivity index (χ0) is 18.1. The zero-order valence-corrected chi connectivity index (χ0v) is 15.7. The summed E-state index contributed by atoms with van der Waals surface area (Å²) in [6, 6.07) is 5.42. The van der Waals surface area contributed by atoms with Gasteiger partial charge < -0.3 is 5.32 Å². The Kier molecular flexibility index (Phi) is 5.03. The fraction of sp³-hybridized carbons (Fsp3) is 0.188. The van der Waals surface area contributed by atoms with Gasteiger partial charge in [0.25, 0.3) is 5.91 Å². The first-order valence-corrected chi connectivity index (χ1v) is 8.48. The van der Waals surface area contributed by atoms with E-state index in [1.165, 1.54) is 6.20 Å². The first-order valence-electron chi connectivity index (χ1n) is 7.35. The van der Waals surface area contributed by atoms with Crippen molar-refractivity contribution in [3.05, 3.63) is 62.1 Å². The van der Waals surface area contributed by atoms with Crippen LogP contribution in [0.4, 0.5) is 5.69 Å². The number of H-pyrrole nitrogens is 1. The summed E-state index contributed by atoms with van der Waals surface area (Å²) >= 11 is 17.9. The van der Waals surface area contributed by atoms with Crippen molar-refractivity contribution in [2.24, 2.45) is 0 Å². The van der Waals surface area contributed by atoms with Crippen LogP contribution in [0.15, 0.2) is 24.4 Å². The second-order valence-corrected chi connectivity index (χ2v) is 6.72. The first-order chi connectivity index (χ1) is 11.9. The van der Waals surface area contributed by atoms with Gasteiger partial charge in [-0.05, 0) is 31.5 Å². The van der Waals surface area contributed by atoms with Crippen LogP contribution in [0.1, 0.15) is 27.4 Å². The van der Waals surface area contributed by atoms with Gasteiger partial charge in [0.2, 0.25) is 0 Å². The van der Waals surface area contributed by atoms with E-state index in [1.807, 2.05) is 19.9 Å². The molecule has 0 aliphatic heterocycles. The normalized spacial score (nSPS) is 10.9. The van der Waals surface area contributed by atoms with Crippen molar-refractivity contribution in [3.8, 4) is 0 Å². The summed E-state index contributed by atoms with van der Waals surface area (Å²) in [5.74, 6) is -0.372. The minimum atomic E-state index is -0.372. The Bertz CT molecular complexity index is 947. The molecule has 0 atom stereocenters. The third kappa shape index (κ3) is 3.66. The second-order valence-electron chi connectivity index (χ2n) is 5.50. The molecule has 6 nitrogen and oxygen atoms in total. The van der Waals surface area contributed by atoms with Crippen LogP contribution in [0.25, 0.3) is 0 Å². The molecule has 2 heterocycles. The standard InChI is InChI=1S/C16H14Cl3N5O/c1-8-14(21-16(25)15-13(19)6-20-22-15)9(2)24(23-8)7-10-3-4-11(17)12(18)5-10/h3-6H,7H2,1-2H3,(H,20,22)(H,21,25). The van der Waals surface area contributed by atoms with E-state index in [1.54, 1.807) is 16.8 Å². The number of hydrogen-bond acceptors (Lipinski definition) is 3. The van der Waals surface area contributed by atoms with Gasteiger partial charge in [-0.25, -0.2) is 0 Å². The molecule has 0 saturated heterocycles. The summed E-state index contributed by atoms with van der Waals surface area (Å²) in [5, 5.41) is 14.9. The monoisotopic (exact) mass is 397 g/mol. The van der Waals surface area contributed by atoms with Crippen molar-refractivity contribution >= 4 is 46.4 Å². The van der Waals surface area contributed by atoms with Gasteiger partial charge in [-0.1, -0.05) is 40.9 Å². The lowest BCUT2D eigenvalue weighted by Crippen LogP contribution is -2.14. The lowest BCUT2D eigenvalue weighted by atomic mass is 10.2. The molecule has 0 aliphatic rings. The number of carbonyl (C=O) groups is 1. The van der Waals surface area contributed by atoms with Gasteiger partial charge in [0.1, 0.15) is 5.69 Å². The highest BCUT2D eigenvalue weighted by atomic mass is 35.5. The van der Waals surface area contributed by atoms with Crippen LogP contribution >= 0.6 is 34.8 Å². The maximum absolute atomic E-state index is 12.3. The molecular weight excluding hydrogens is 385 g/mol. The molecule has 0 spiro atoms. The Balaban J connectivity index is 1.84. The SMILES string of the molecule is Cc1nn(Cc2ccc(Cl)c(Cl)c2)c(C)c1NC(=O)c1[nH]ncc1Cl. The van der Waals surface area contributed by atoms with E-state index >= 15 is 0 Å². The maximum Gasteiger partial charge on any atom is 0.275 e. The topological polar surface area (TPSA) is 75.6 Å². The number of aromatic nitrogens is 4. The van der Waals surface area contributed by atoms with Crippen molar-refractivity contribution < 1.29 is 4.79 Å². The molecule has 9 heteroatoms. The van der Waals surface area contributed by atoms with Crippen LogP contribution in [0.5, 0.6) is 0 Å². The van der Waals surface area contributed by atoms with Crippen LogP contribution < -0.4 is 5.32 Å². The molecule has 0 unspecified atom stereocenters. The summed E-state index contributed by atoms with van der Waals surface area (Å²) in [7, 11) is 0. The summed E-state index contributed by atoms with van der Waals surface area (Å²) < 4.78 is 1.79. The number of rotatable bonds is 4. The summed E-state index contributed by atoms with van der Waals surface area (Å²) in [4.78, 5) is 12.3. The molecule has 0 bridgehead atoms. The highest BCUT2D eigenvalue weighted by Crippen LogP contribution is 2.25. The number of carbonyl (C=O) groups excluding carboxylic acids is 1. The minimum absolute atomic E-state index is 0.206. The van der Waals surface area contributed by atoms with Gasteiger partial charge in [-0.15, -0.1) is 0 Å². The molecule has 0 saturated carbocycles. The van der Waals surface area contributed by atoms with E-state index in [2.05, 4.69) is 20.6 Å². The lowest BCUT2D eigenvalue weighted by molar-refractivity contribution is 0.102. The minimum Gasteiger partial charge on any atom is -0.317 e. The van der Waals surface area contributed by atoms with Crippen molar-refractivity contribution in [1.29, 1.82) is 0 Å². The third-order valence-electron chi connectivity index (χ3n) is 3.76. The Morgan fingerprint density at radius 3 is 2.60 bits per heavy atom. The molecule has 2 aromatic heterocycles. The summed E-state index contributed by atoms with van der Waals surface area (Å²) in [5.41, 5.74) is 3.30. The van der Waals surface area contributed by atoms with E-state index in [0.29, 0.717) is 28.0 Å². The van der Waals surface area contributed by atoms with Crippen molar-refractivity contribution in [2.45, 2.75) is 20.4 Å². The number of benzene rings is 1. The fourth-order valence-electron chi connectivity index (χ4n) is 2.45. The van der Waals surface area contributed by atoms with Gasteiger partial charge in [0.05, 0.1) is 44.9 Å². The Morgan fingerprint density at radius 1 is 1.20 bits per heavy atom. The highest BCUT2D eigenvalue weighted by Gasteiger charge is 2.18. The number of nitrogens with one attached hydrogen (secondary N) is 2. The van der Waals surface area contributed by atoms with Crippen LogP contribution in [-0.2, 0) is 6.54 Å². The molecule has 0 radical (unpaired) electrons. The molecule has 1 amide bonds. The van der Waals surface area contributed by atoms with E-state index in [0.717, 1.165) is 11.3 Å². The third-order valence-corrected chi connectivity index (χ3v) is 4.78. The van der Waals surface area contributed by atoms with Crippen LogP contribution in [0, 0.1) is 13.8 Å². The zero-order valence-electron chi connectivity index (χ0n) is 13.4. The van der Waals surface area contributed by atoms with Crippen molar-refractivity contribution in [1.82, 2.24) is 20.0 Å². The Hall–Kier alpha value is -2.02. The fourth-order valence-corrected chi connectivity index (χ4v) is 2.95. The summed E-state index contributed by atoms with van der Waals surface area (Å²) in [6.45, 7) is 4.20. The van der Waals surface area contributed by atoms with Gasteiger partial charge in [0, 0.05) is 0 Å². The van der Waals surface area contributed by atoms with Gasteiger partial charge >= 0.3 is 0 Å². The first kappa shape index (κ1) is 17.8. The predicted molar refractivity (Wildman–Crippen MR) is 98.8 cm³/mol.